The number of nitrogens with zero attached hydrogens (tertiary/aromatic N) is 1. The number of carbonyl (C=O) groups excluding carboxylic acids is 3. The summed E-state index contributed by atoms with van der Waals surface area (Å²) < 4.78 is 17.2. The fraction of sp³-hybridized carbons (Fsp3) is 0.820. The van der Waals surface area contributed by atoms with Crippen molar-refractivity contribution in [3.8, 4) is 0 Å². The van der Waals surface area contributed by atoms with Crippen LogP contribution >= 0.6 is 0 Å². The summed E-state index contributed by atoms with van der Waals surface area (Å²) in [5, 5.41) is 11.6. The zero-order valence-electron chi connectivity index (χ0n) is 38.5. The highest BCUT2D eigenvalue weighted by molar-refractivity contribution is 5.70. The lowest BCUT2D eigenvalue weighted by Crippen LogP contribution is -2.55. The standard InChI is InChI=1S/C50H91NO7/c1-6-8-10-12-14-16-18-20-21-22-23-24-25-26-27-29-31-33-35-37-39-41-49(53)58-46(44-56-43-42-47(50(54)55)51(3,4)5)45-57-48(52)40-38-36-34-32-30-28-19-17-15-13-11-9-7-2/h17-20,22-23,46-47H,6-16,21,24-45H2,1-5H3/b19-17-,20-18-,23-22-. The van der Waals surface area contributed by atoms with E-state index in [0.717, 1.165) is 57.8 Å². The Morgan fingerprint density at radius 2 is 0.914 bits per heavy atom. The van der Waals surface area contributed by atoms with Gasteiger partial charge < -0.3 is 28.6 Å². The molecule has 0 aromatic heterocycles. The van der Waals surface area contributed by atoms with Crippen molar-refractivity contribution in [2.75, 3.05) is 41.0 Å². The molecule has 2 unspecified atom stereocenters. The smallest absolute Gasteiger partial charge is 0.306 e. The molecule has 0 aliphatic carbocycles. The second-order valence-corrected chi connectivity index (χ2v) is 17.3. The minimum Gasteiger partial charge on any atom is -0.544 e. The quantitative estimate of drug-likeness (QED) is 0.0261. The van der Waals surface area contributed by atoms with Gasteiger partial charge in [0.25, 0.3) is 0 Å². The molecular formula is C50H91NO7. The predicted octanol–water partition coefficient (Wildman–Crippen LogP) is 12.1. The number of likely N-dealkylation sites (N-methyl/N-ethyl adjacent to an activating group) is 1. The van der Waals surface area contributed by atoms with Crippen molar-refractivity contribution in [2.24, 2.45) is 0 Å². The first-order valence-electron chi connectivity index (χ1n) is 24.0. The topological polar surface area (TPSA) is 102 Å². The Morgan fingerprint density at radius 3 is 1.36 bits per heavy atom. The van der Waals surface area contributed by atoms with Gasteiger partial charge in [-0.25, -0.2) is 0 Å². The molecule has 0 aliphatic rings. The molecule has 0 fully saturated rings. The highest BCUT2D eigenvalue weighted by Gasteiger charge is 2.25. The van der Waals surface area contributed by atoms with E-state index in [1.54, 1.807) is 21.1 Å². The summed E-state index contributed by atoms with van der Waals surface area (Å²) in [6, 6.07) is -0.727. The van der Waals surface area contributed by atoms with E-state index in [9.17, 15) is 19.5 Å². The van der Waals surface area contributed by atoms with Gasteiger partial charge in [-0.3, -0.25) is 9.59 Å². The molecule has 0 aromatic rings. The van der Waals surface area contributed by atoms with Crippen LogP contribution in [0.2, 0.25) is 0 Å². The first kappa shape index (κ1) is 55.5. The number of ether oxygens (including phenoxy) is 3. The molecule has 0 N–H and O–H groups in total. The van der Waals surface area contributed by atoms with Gasteiger partial charge in [0.1, 0.15) is 12.6 Å². The van der Waals surface area contributed by atoms with E-state index in [0.29, 0.717) is 12.8 Å². The Balaban J connectivity index is 4.27. The Labute approximate surface area is 357 Å². The van der Waals surface area contributed by atoms with Crippen molar-refractivity contribution >= 4 is 17.9 Å². The van der Waals surface area contributed by atoms with Gasteiger partial charge in [-0.1, -0.05) is 159 Å². The van der Waals surface area contributed by atoms with E-state index in [-0.39, 0.29) is 42.7 Å². The number of allylic oxidation sites excluding steroid dienone is 6. The van der Waals surface area contributed by atoms with Gasteiger partial charge in [-0.15, -0.1) is 0 Å². The lowest BCUT2D eigenvalue weighted by atomic mass is 10.1. The van der Waals surface area contributed by atoms with Crippen molar-refractivity contribution in [1.82, 2.24) is 0 Å². The first-order valence-corrected chi connectivity index (χ1v) is 24.0. The van der Waals surface area contributed by atoms with Crippen LogP contribution in [0.1, 0.15) is 213 Å². The monoisotopic (exact) mass is 818 g/mol. The van der Waals surface area contributed by atoms with Gasteiger partial charge in [0.15, 0.2) is 6.10 Å². The molecule has 58 heavy (non-hydrogen) atoms. The number of esters is 2. The Morgan fingerprint density at radius 1 is 0.517 bits per heavy atom. The molecule has 0 rings (SSSR count). The van der Waals surface area contributed by atoms with E-state index in [1.165, 1.54) is 122 Å². The van der Waals surface area contributed by atoms with Gasteiger partial charge in [0.05, 0.1) is 40.3 Å². The third-order valence-corrected chi connectivity index (χ3v) is 10.7. The van der Waals surface area contributed by atoms with Crippen LogP contribution in [0.25, 0.3) is 0 Å². The number of unbranched alkanes of at least 4 members (excludes halogenated alkanes) is 23. The van der Waals surface area contributed by atoms with Crippen LogP contribution in [0.3, 0.4) is 0 Å². The third-order valence-electron chi connectivity index (χ3n) is 10.7. The van der Waals surface area contributed by atoms with Crippen molar-refractivity contribution in [1.29, 1.82) is 0 Å². The molecule has 8 nitrogen and oxygen atoms in total. The minimum atomic E-state index is -1.13. The second-order valence-electron chi connectivity index (χ2n) is 17.3. The fourth-order valence-corrected chi connectivity index (χ4v) is 6.98. The number of carboxylic acids is 1. The lowest BCUT2D eigenvalue weighted by molar-refractivity contribution is -0.889. The van der Waals surface area contributed by atoms with Gasteiger partial charge in [0, 0.05) is 19.3 Å². The van der Waals surface area contributed by atoms with Gasteiger partial charge in [-0.2, -0.15) is 0 Å². The highest BCUT2D eigenvalue weighted by Crippen LogP contribution is 2.14. The highest BCUT2D eigenvalue weighted by atomic mass is 16.6. The average Bonchev–Trinajstić information content (AvgIpc) is 3.18. The molecule has 0 radical (unpaired) electrons. The molecule has 8 heteroatoms. The summed E-state index contributed by atoms with van der Waals surface area (Å²) in [6.07, 6.45) is 47.4. The Kier molecular flexibility index (Phi) is 39.5. The molecule has 0 heterocycles. The number of rotatable bonds is 43. The molecule has 0 bridgehead atoms. The van der Waals surface area contributed by atoms with Gasteiger partial charge >= 0.3 is 11.9 Å². The van der Waals surface area contributed by atoms with Crippen LogP contribution in [-0.2, 0) is 28.6 Å². The summed E-state index contributed by atoms with van der Waals surface area (Å²) in [7, 11) is 5.41. The number of carboxylic acid groups (broad SMARTS) is 1. The van der Waals surface area contributed by atoms with E-state index in [4.69, 9.17) is 14.2 Å². The molecule has 0 aliphatic heterocycles. The van der Waals surface area contributed by atoms with Crippen LogP contribution < -0.4 is 5.11 Å². The first-order chi connectivity index (χ1) is 28.1. The van der Waals surface area contributed by atoms with Crippen LogP contribution in [-0.4, -0.2) is 75.5 Å². The molecule has 338 valence electrons. The maximum absolute atomic E-state index is 12.8. The maximum Gasteiger partial charge on any atom is 0.306 e. The van der Waals surface area contributed by atoms with Gasteiger partial charge in [-0.05, 0) is 70.6 Å². The third kappa shape index (κ3) is 39.0. The zero-order chi connectivity index (χ0) is 42.8. The van der Waals surface area contributed by atoms with Crippen LogP contribution in [0.4, 0.5) is 0 Å². The average molecular weight is 818 g/mol. The van der Waals surface area contributed by atoms with Crippen molar-refractivity contribution in [3.63, 3.8) is 0 Å². The van der Waals surface area contributed by atoms with E-state index >= 15 is 0 Å². The van der Waals surface area contributed by atoms with E-state index in [2.05, 4.69) is 50.3 Å². The van der Waals surface area contributed by atoms with Crippen molar-refractivity contribution in [3.05, 3.63) is 36.5 Å². The number of hydrogen-bond donors (Lipinski definition) is 0. The maximum atomic E-state index is 12.8. The number of carbonyl (C=O) groups is 3. The Hall–Kier alpha value is -2.45. The Bertz CT molecular complexity index is 1050. The minimum absolute atomic E-state index is 0.0378. The molecule has 2 atom stereocenters. The second kappa shape index (κ2) is 41.3. The summed E-state index contributed by atoms with van der Waals surface area (Å²) in [6.45, 7) is 4.64. The molecule has 0 saturated carbocycles. The SMILES string of the molecule is CCCCCC/C=C\CCCCCCCC(=O)OCC(COCCC(C(=O)[O-])[N+](C)(C)C)OC(=O)CCCCCCCCCCC/C=C\C/C=C\CCCCCCC. The molecular weight excluding hydrogens is 727 g/mol. The van der Waals surface area contributed by atoms with Crippen LogP contribution in [0.15, 0.2) is 36.5 Å². The summed E-state index contributed by atoms with van der Waals surface area (Å²) >= 11 is 0. The number of aliphatic carboxylic acids is 1. The lowest BCUT2D eigenvalue weighted by Gasteiger charge is -2.34. The van der Waals surface area contributed by atoms with Gasteiger partial charge in [0.2, 0.25) is 0 Å². The molecule has 0 aromatic carbocycles. The van der Waals surface area contributed by atoms with Crippen LogP contribution in [0, 0.1) is 0 Å². The summed E-state index contributed by atoms with van der Waals surface area (Å²) in [4.78, 5) is 36.9. The van der Waals surface area contributed by atoms with E-state index in [1.807, 2.05) is 0 Å². The number of hydrogen-bond acceptors (Lipinski definition) is 7. The van der Waals surface area contributed by atoms with Crippen molar-refractivity contribution < 1.29 is 38.2 Å². The summed E-state index contributed by atoms with van der Waals surface area (Å²) in [5.41, 5.74) is 0. The predicted molar refractivity (Wildman–Crippen MR) is 240 cm³/mol. The number of quaternary nitrogens is 1. The van der Waals surface area contributed by atoms with Crippen LogP contribution in [0.5, 0.6) is 0 Å². The largest absolute Gasteiger partial charge is 0.544 e. The van der Waals surface area contributed by atoms with E-state index < -0.39 is 18.1 Å². The normalized spacial score (nSPS) is 13.2. The molecule has 0 spiro atoms. The summed E-state index contributed by atoms with van der Waals surface area (Å²) in [5.74, 6) is -1.75. The van der Waals surface area contributed by atoms with Crippen molar-refractivity contribution in [2.45, 2.75) is 225 Å². The molecule has 0 saturated heterocycles. The fourth-order valence-electron chi connectivity index (χ4n) is 6.98. The zero-order valence-corrected chi connectivity index (χ0v) is 38.5. The molecule has 0 amide bonds.